The normalized spacial score (nSPS) is 16.9. The van der Waals surface area contributed by atoms with Crippen LogP contribution in [0.25, 0.3) is 0 Å². The molecule has 5 nitrogen and oxygen atoms in total. The van der Waals surface area contributed by atoms with Crippen LogP contribution in [-0.4, -0.2) is 13.7 Å². The first-order valence-electron chi connectivity index (χ1n) is 5.31. The lowest BCUT2D eigenvalue weighted by Crippen LogP contribution is -2.12. The predicted molar refractivity (Wildman–Crippen MR) is 61.1 cm³/mol. The molecule has 16 heavy (non-hydrogen) atoms. The van der Waals surface area contributed by atoms with Gasteiger partial charge in [-0.3, -0.25) is 4.57 Å². The zero-order chi connectivity index (χ0) is 12.0. The van der Waals surface area contributed by atoms with Gasteiger partial charge in [0.05, 0.1) is 12.9 Å². The highest BCUT2D eigenvalue weighted by molar-refractivity contribution is 7.54. The minimum Gasteiger partial charge on any atom is -0.468 e. The molecule has 1 aromatic rings. The summed E-state index contributed by atoms with van der Waals surface area (Å²) in [5.74, 6) is 0.620. The molecule has 0 aliphatic heterocycles. The second kappa shape index (κ2) is 6.21. The molecule has 0 spiro atoms. The van der Waals surface area contributed by atoms with Crippen LogP contribution in [0.4, 0.5) is 0 Å². The van der Waals surface area contributed by atoms with Gasteiger partial charge in [-0.1, -0.05) is 6.92 Å². The molecule has 1 aromatic heterocycles. The van der Waals surface area contributed by atoms with Gasteiger partial charge in [-0.25, -0.2) is 4.62 Å². The standard InChI is InChI=1S/C10H18NO4P/c1-4-10(9-7-6-8-13-9)16(12,14-5-2)15-11-3/h6-8,10-11H,4-5H2,1-3H3. The van der Waals surface area contributed by atoms with Crippen molar-refractivity contribution in [1.82, 2.24) is 5.48 Å². The Morgan fingerprint density at radius 2 is 2.31 bits per heavy atom. The summed E-state index contributed by atoms with van der Waals surface area (Å²) in [4.78, 5) is 0. The van der Waals surface area contributed by atoms with E-state index in [1.807, 2.05) is 6.92 Å². The van der Waals surface area contributed by atoms with Gasteiger partial charge in [0, 0.05) is 7.05 Å². The van der Waals surface area contributed by atoms with Crippen LogP contribution in [-0.2, 0) is 13.7 Å². The minimum absolute atomic E-state index is 0.330. The van der Waals surface area contributed by atoms with E-state index in [0.717, 1.165) is 0 Å². The van der Waals surface area contributed by atoms with Crippen molar-refractivity contribution >= 4 is 7.60 Å². The van der Waals surface area contributed by atoms with Crippen LogP contribution in [0.1, 0.15) is 31.7 Å². The number of rotatable bonds is 7. The summed E-state index contributed by atoms with van der Waals surface area (Å²) in [6, 6.07) is 3.53. The van der Waals surface area contributed by atoms with Crippen LogP contribution in [0.2, 0.25) is 0 Å². The van der Waals surface area contributed by atoms with Gasteiger partial charge in [0.25, 0.3) is 0 Å². The molecule has 2 atom stereocenters. The summed E-state index contributed by atoms with van der Waals surface area (Å²) >= 11 is 0. The highest BCUT2D eigenvalue weighted by Crippen LogP contribution is 2.61. The molecule has 0 amide bonds. The highest BCUT2D eigenvalue weighted by atomic mass is 31.2. The lowest BCUT2D eigenvalue weighted by atomic mass is 10.3. The molecule has 6 heteroatoms. The molecule has 1 N–H and O–H groups in total. The van der Waals surface area contributed by atoms with Crippen molar-refractivity contribution < 1.29 is 18.1 Å². The number of hydrogen-bond donors (Lipinski definition) is 1. The Bertz CT molecular complexity index is 329. The van der Waals surface area contributed by atoms with Gasteiger partial charge in [0.1, 0.15) is 11.4 Å². The lowest BCUT2D eigenvalue weighted by Gasteiger charge is -2.23. The number of nitrogens with one attached hydrogen (secondary N) is 1. The van der Waals surface area contributed by atoms with Crippen LogP contribution in [0.5, 0.6) is 0 Å². The maximum absolute atomic E-state index is 12.5. The molecule has 1 rings (SSSR count). The molecule has 1 heterocycles. The van der Waals surface area contributed by atoms with E-state index in [1.54, 1.807) is 32.4 Å². The summed E-state index contributed by atoms with van der Waals surface area (Å²) in [6.07, 6.45) is 2.17. The Balaban J connectivity index is 2.94. The fourth-order valence-corrected chi connectivity index (χ4v) is 3.43. The quantitative estimate of drug-likeness (QED) is 0.592. The largest absolute Gasteiger partial charge is 0.468 e. The monoisotopic (exact) mass is 247 g/mol. The Kier molecular flexibility index (Phi) is 5.22. The molecule has 2 unspecified atom stereocenters. The van der Waals surface area contributed by atoms with Crippen LogP contribution < -0.4 is 5.48 Å². The number of furan rings is 1. The maximum Gasteiger partial charge on any atom is 0.357 e. The van der Waals surface area contributed by atoms with Gasteiger partial charge >= 0.3 is 7.60 Å². The fraction of sp³-hybridized carbons (Fsp3) is 0.600. The minimum atomic E-state index is -3.22. The smallest absolute Gasteiger partial charge is 0.357 e. The summed E-state index contributed by atoms with van der Waals surface area (Å²) in [7, 11) is -1.67. The van der Waals surface area contributed by atoms with Crippen molar-refractivity contribution in [3.8, 4) is 0 Å². The van der Waals surface area contributed by atoms with Gasteiger partial charge in [-0.15, -0.1) is 0 Å². The van der Waals surface area contributed by atoms with E-state index in [4.69, 9.17) is 13.6 Å². The average Bonchev–Trinajstić information content (AvgIpc) is 2.72. The van der Waals surface area contributed by atoms with Gasteiger partial charge in [-0.2, -0.15) is 5.48 Å². The molecular formula is C10H18NO4P. The molecule has 0 radical (unpaired) electrons. The second-order valence-corrected chi connectivity index (χ2v) is 5.34. The van der Waals surface area contributed by atoms with E-state index in [0.29, 0.717) is 18.8 Å². The highest BCUT2D eigenvalue weighted by Gasteiger charge is 2.37. The Morgan fingerprint density at radius 3 is 2.75 bits per heavy atom. The topological polar surface area (TPSA) is 60.7 Å². The van der Waals surface area contributed by atoms with Crippen molar-refractivity contribution in [2.24, 2.45) is 0 Å². The third-order valence-corrected chi connectivity index (χ3v) is 4.61. The van der Waals surface area contributed by atoms with Crippen LogP contribution in [0.3, 0.4) is 0 Å². The summed E-state index contributed by atoms with van der Waals surface area (Å²) < 4.78 is 28.1. The van der Waals surface area contributed by atoms with E-state index < -0.39 is 7.60 Å². The molecule has 0 bridgehead atoms. The van der Waals surface area contributed by atoms with Gasteiger partial charge in [0.15, 0.2) is 0 Å². The summed E-state index contributed by atoms with van der Waals surface area (Å²) in [6.45, 7) is 4.02. The predicted octanol–water partition coefficient (Wildman–Crippen LogP) is 3.11. The zero-order valence-electron chi connectivity index (χ0n) is 9.80. The first-order valence-corrected chi connectivity index (χ1v) is 6.92. The van der Waals surface area contributed by atoms with Crippen molar-refractivity contribution in [2.75, 3.05) is 13.7 Å². The maximum atomic E-state index is 12.5. The van der Waals surface area contributed by atoms with E-state index >= 15 is 0 Å². The van der Waals surface area contributed by atoms with Crippen molar-refractivity contribution in [2.45, 2.75) is 25.9 Å². The molecule has 0 aromatic carbocycles. The third-order valence-electron chi connectivity index (χ3n) is 2.17. The molecule has 0 saturated carbocycles. The van der Waals surface area contributed by atoms with Crippen LogP contribution in [0, 0.1) is 0 Å². The van der Waals surface area contributed by atoms with Crippen LogP contribution in [0.15, 0.2) is 22.8 Å². The average molecular weight is 247 g/mol. The van der Waals surface area contributed by atoms with Gasteiger partial charge in [-0.05, 0) is 25.5 Å². The van der Waals surface area contributed by atoms with Gasteiger partial charge in [0.2, 0.25) is 0 Å². The zero-order valence-corrected chi connectivity index (χ0v) is 10.7. The summed E-state index contributed by atoms with van der Waals surface area (Å²) in [5, 5.41) is 0. The first kappa shape index (κ1) is 13.5. The van der Waals surface area contributed by atoms with E-state index in [2.05, 4.69) is 5.48 Å². The van der Waals surface area contributed by atoms with Crippen molar-refractivity contribution in [1.29, 1.82) is 0 Å². The van der Waals surface area contributed by atoms with E-state index in [-0.39, 0.29) is 5.66 Å². The number of hydroxylamine groups is 1. The summed E-state index contributed by atoms with van der Waals surface area (Å²) in [5.41, 5.74) is 2.06. The third kappa shape index (κ3) is 2.95. The molecule has 92 valence electrons. The molecule has 0 aliphatic rings. The molecule has 0 aliphatic carbocycles. The van der Waals surface area contributed by atoms with Crippen LogP contribution >= 0.6 is 7.60 Å². The Hall–Kier alpha value is -0.610. The Morgan fingerprint density at radius 1 is 1.56 bits per heavy atom. The fourth-order valence-electron chi connectivity index (χ4n) is 1.55. The van der Waals surface area contributed by atoms with Crippen molar-refractivity contribution in [3.05, 3.63) is 24.2 Å². The van der Waals surface area contributed by atoms with Gasteiger partial charge < -0.3 is 8.94 Å². The molecule has 0 fully saturated rings. The van der Waals surface area contributed by atoms with E-state index in [9.17, 15) is 4.57 Å². The Labute approximate surface area is 95.6 Å². The SMILES string of the molecule is CCOP(=O)(ONC)C(CC)c1ccco1. The van der Waals surface area contributed by atoms with E-state index in [1.165, 1.54) is 0 Å². The van der Waals surface area contributed by atoms with Crippen molar-refractivity contribution in [3.63, 3.8) is 0 Å². The molecular weight excluding hydrogens is 229 g/mol. The molecule has 0 saturated heterocycles. The lowest BCUT2D eigenvalue weighted by molar-refractivity contribution is 0.150. The number of hydrogen-bond acceptors (Lipinski definition) is 5. The first-order chi connectivity index (χ1) is 7.68. The second-order valence-electron chi connectivity index (χ2n) is 3.19.